The highest BCUT2D eigenvalue weighted by Gasteiger charge is 2.11. The fraction of sp³-hybridized carbons (Fsp3) is 0.118. The second-order valence-corrected chi connectivity index (χ2v) is 5.36. The SMILES string of the molecule is Cc1ccc(CNC(=O)C(=O)N/N=C/c2ccc(Cl)cc2)cc1. The molecule has 2 N–H and O–H groups in total. The number of nitrogens with one attached hydrogen (secondary N) is 2. The number of hydrazone groups is 1. The Kier molecular flexibility index (Phi) is 5.88. The van der Waals surface area contributed by atoms with Crippen LogP contribution in [0.1, 0.15) is 16.7 Å². The third-order valence-electron chi connectivity index (χ3n) is 3.03. The Labute approximate surface area is 139 Å². The van der Waals surface area contributed by atoms with Crippen molar-refractivity contribution < 1.29 is 9.59 Å². The Morgan fingerprint density at radius 2 is 1.70 bits per heavy atom. The summed E-state index contributed by atoms with van der Waals surface area (Å²) in [5.74, 6) is -1.55. The van der Waals surface area contributed by atoms with E-state index in [1.54, 1.807) is 24.3 Å². The van der Waals surface area contributed by atoms with Crippen molar-refractivity contribution in [2.24, 2.45) is 5.10 Å². The van der Waals surface area contributed by atoms with Crippen LogP contribution in [0.5, 0.6) is 0 Å². The van der Waals surface area contributed by atoms with Crippen LogP contribution in [0, 0.1) is 6.92 Å². The van der Waals surface area contributed by atoms with E-state index in [0.29, 0.717) is 5.02 Å². The first-order valence-corrected chi connectivity index (χ1v) is 7.35. The first-order chi connectivity index (χ1) is 11.0. The second kappa shape index (κ2) is 8.10. The van der Waals surface area contributed by atoms with Crippen LogP contribution in [0.4, 0.5) is 0 Å². The number of rotatable bonds is 4. The lowest BCUT2D eigenvalue weighted by Crippen LogP contribution is -2.37. The molecule has 0 aliphatic heterocycles. The van der Waals surface area contributed by atoms with Gasteiger partial charge in [0.05, 0.1) is 6.21 Å². The molecule has 0 spiro atoms. The number of carbonyl (C=O) groups excluding carboxylic acids is 2. The Hall–Kier alpha value is -2.66. The van der Waals surface area contributed by atoms with E-state index >= 15 is 0 Å². The van der Waals surface area contributed by atoms with Crippen molar-refractivity contribution in [1.82, 2.24) is 10.7 Å². The lowest BCUT2D eigenvalue weighted by Gasteiger charge is -2.04. The van der Waals surface area contributed by atoms with Crippen molar-refractivity contribution in [3.63, 3.8) is 0 Å². The summed E-state index contributed by atoms with van der Waals surface area (Å²) in [7, 11) is 0. The lowest BCUT2D eigenvalue weighted by atomic mass is 10.1. The molecule has 0 saturated carbocycles. The number of nitrogens with zero attached hydrogens (tertiary/aromatic N) is 1. The van der Waals surface area contributed by atoms with Gasteiger partial charge in [0.2, 0.25) is 0 Å². The van der Waals surface area contributed by atoms with E-state index in [4.69, 9.17) is 11.6 Å². The minimum Gasteiger partial charge on any atom is -0.344 e. The summed E-state index contributed by atoms with van der Waals surface area (Å²) in [6.07, 6.45) is 1.43. The van der Waals surface area contributed by atoms with Crippen molar-refractivity contribution in [2.45, 2.75) is 13.5 Å². The summed E-state index contributed by atoms with van der Waals surface area (Å²) in [4.78, 5) is 23.3. The molecule has 2 amide bonds. The van der Waals surface area contributed by atoms with Gasteiger partial charge < -0.3 is 5.32 Å². The predicted octanol–water partition coefficient (Wildman–Crippen LogP) is 2.41. The summed E-state index contributed by atoms with van der Waals surface area (Å²) in [5, 5.41) is 6.88. The third kappa shape index (κ3) is 5.56. The third-order valence-corrected chi connectivity index (χ3v) is 3.28. The Morgan fingerprint density at radius 1 is 1.04 bits per heavy atom. The average Bonchev–Trinajstić information content (AvgIpc) is 2.55. The fourth-order valence-corrected chi connectivity index (χ4v) is 1.86. The number of amides is 2. The second-order valence-electron chi connectivity index (χ2n) is 4.92. The molecule has 2 aromatic carbocycles. The molecule has 2 aromatic rings. The number of benzene rings is 2. The highest BCUT2D eigenvalue weighted by Crippen LogP contribution is 2.07. The van der Waals surface area contributed by atoms with E-state index < -0.39 is 11.8 Å². The maximum atomic E-state index is 11.7. The molecular weight excluding hydrogens is 314 g/mol. The molecule has 0 bridgehead atoms. The summed E-state index contributed by atoms with van der Waals surface area (Å²) < 4.78 is 0. The van der Waals surface area contributed by atoms with Gasteiger partial charge in [-0.3, -0.25) is 9.59 Å². The number of hydrogen-bond acceptors (Lipinski definition) is 3. The first-order valence-electron chi connectivity index (χ1n) is 6.97. The predicted molar refractivity (Wildman–Crippen MR) is 90.2 cm³/mol. The Morgan fingerprint density at radius 3 is 2.35 bits per heavy atom. The Balaban J connectivity index is 1.79. The van der Waals surface area contributed by atoms with Crippen LogP contribution in [0.3, 0.4) is 0 Å². The van der Waals surface area contributed by atoms with Gasteiger partial charge in [0.15, 0.2) is 0 Å². The lowest BCUT2D eigenvalue weighted by molar-refractivity contribution is -0.139. The molecule has 0 aliphatic rings. The van der Waals surface area contributed by atoms with E-state index in [1.807, 2.05) is 31.2 Å². The topological polar surface area (TPSA) is 70.6 Å². The molecule has 0 aromatic heterocycles. The molecule has 0 unspecified atom stereocenters. The highest BCUT2D eigenvalue weighted by atomic mass is 35.5. The van der Waals surface area contributed by atoms with Gasteiger partial charge in [-0.25, -0.2) is 5.43 Å². The van der Waals surface area contributed by atoms with Crippen LogP contribution in [-0.2, 0) is 16.1 Å². The van der Waals surface area contributed by atoms with Crippen LogP contribution in [0.2, 0.25) is 5.02 Å². The number of hydrogen-bond donors (Lipinski definition) is 2. The summed E-state index contributed by atoms with van der Waals surface area (Å²) in [5.41, 5.74) is 4.99. The minimum atomic E-state index is -0.817. The van der Waals surface area contributed by atoms with E-state index in [1.165, 1.54) is 6.21 Å². The molecule has 0 saturated heterocycles. The van der Waals surface area contributed by atoms with Crippen molar-refractivity contribution in [3.05, 3.63) is 70.2 Å². The largest absolute Gasteiger partial charge is 0.344 e. The van der Waals surface area contributed by atoms with Gasteiger partial charge in [-0.2, -0.15) is 5.10 Å². The number of halogens is 1. The molecule has 0 atom stereocenters. The van der Waals surface area contributed by atoms with Crippen LogP contribution >= 0.6 is 11.6 Å². The van der Waals surface area contributed by atoms with Gasteiger partial charge in [0.25, 0.3) is 0 Å². The maximum absolute atomic E-state index is 11.7. The van der Waals surface area contributed by atoms with Crippen LogP contribution in [0.15, 0.2) is 53.6 Å². The standard InChI is InChI=1S/C17H16ClN3O2/c1-12-2-4-13(5-3-12)10-19-16(22)17(23)21-20-11-14-6-8-15(18)9-7-14/h2-9,11H,10H2,1H3,(H,19,22)(H,21,23)/b20-11+. The zero-order valence-electron chi connectivity index (χ0n) is 12.5. The van der Waals surface area contributed by atoms with Gasteiger partial charge in [-0.15, -0.1) is 0 Å². The van der Waals surface area contributed by atoms with Crippen LogP contribution in [-0.4, -0.2) is 18.0 Å². The molecule has 5 nitrogen and oxygen atoms in total. The van der Waals surface area contributed by atoms with Crippen LogP contribution in [0.25, 0.3) is 0 Å². The number of carbonyl (C=O) groups is 2. The van der Waals surface area contributed by atoms with Crippen molar-refractivity contribution in [1.29, 1.82) is 0 Å². The van der Waals surface area contributed by atoms with E-state index in [-0.39, 0.29) is 6.54 Å². The molecule has 2 rings (SSSR count). The average molecular weight is 330 g/mol. The minimum absolute atomic E-state index is 0.285. The maximum Gasteiger partial charge on any atom is 0.329 e. The van der Waals surface area contributed by atoms with Crippen molar-refractivity contribution >= 4 is 29.6 Å². The smallest absolute Gasteiger partial charge is 0.329 e. The normalized spacial score (nSPS) is 10.5. The zero-order chi connectivity index (χ0) is 16.7. The van der Waals surface area contributed by atoms with E-state index in [2.05, 4.69) is 15.8 Å². The van der Waals surface area contributed by atoms with Gasteiger partial charge in [0.1, 0.15) is 0 Å². The van der Waals surface area contributed by atoms with E-state index in [9.17, 15) is 9.59 Å². The molecule has 6 heteroatoms. The highest BCUT2D eigenvalue weighted by molar-refractivity contribution is 6.35. The van der Waals surface area contributed by atoms with Gasteiger partial charge in [-0.1, -0.05) is 53.6 Å². The number of aryl methyl sites for hydroxylation is 1. The van der Waals surface area contributed by atoms with Crippen molar-refractivity contribution in [2.75, 3.05) is 0 Å². The first kappa shape index (κ1) is 16.7. The molecule has 0 aliphatic carbocycles. The van der Waals surface area contributed by atoms with Gasteiger partial charge >= 0.3 is 11.8 Å². The zero-order valence-corrected chi connectivity index (χ0v) is 13.3. The summed E-state index contributed by atoms with van der Waals surface area (Å²) >= 11 is 5.76. The Bertz CT molecular complexity index is 710. The fourth-order valence-electron chi connectivity index (χ4n) is 1.73. The van der Waals surface area contributed by atoms with Crippen molar-refractivity contribution in [3.8, 4) is 0 Å². The van der Waals surface area contributed by atoms with Crippen LogP contribution < -0.4 is 10.7 Å². The molecule has 23 heavy (non-hydrogen) atoms. The quantitative estimate of drug-likeness (QED) is 0.514. The summed E-state index contributed by atoms with van der Waals surface area (Å²) in [6, 6.07) is 14.6. The monoisotopic (exact) mass is 329 g/mol. The van der Waals surface area contributed by atoms with Gasteiger partial charge in [-0.05, 0) is 30.2 Å². The van der Waals surface area contributed by atoms with Gasteiger partial charge in [0, 0.05) is 11.6 Å². The molecule has 118 valence electrons. The molecule has 0 fully saturated rings. The van der Waals surface area contributed by atoms with E-state index in [0.717, 1.165) is 16.7 Å². The summed E-state index contributed by atoms with van der Waals surface area (Å²) in [6.45, 7) is 2.27. The molecule has 0 radical (unpaired) electrons. The molecular formula is C17H16ClN3O2. The molecule has 0 heterocycles.